The number of nitriles is 1. The first-order chi connectivity index (χ1) is 11.8. The highest BCUT2D eigenvalue weighted by Crippen LogP contribution is 2.31. The second kappa shape index (κ2) is 6.39. The lowest BCUT2D eigenvalue weighted by molar-refractivity contribution is 0.130. The van der Waals surface area contributed by atoms with Crippen molar-refractivity contribution >= 4 is 16.6 Å². The Labute approximate surface area is 142 Å². The Balaban J connectivity index is 1.72. The number of nitrogens with one attached hydrogen (secondary N) is 1. The van der Waals surface area contributed by atoms with Crippen molar-refractivity contribution in [2.75, 3.05) is 37.6 Å². The van der Waals surface area contributed by atoms with Crippen LogP contribution in [0.1, 0.15) is 18.9 Å². The van der Waals surface area contributed by atoms with Gasteiger partial charge >= 0.3 is 0 Å². The smallest absolute Gasteiger partial charge is 0.101 e. The monoisotopic (exact) mass is 321 g/mol. The van der Waals surface area contributed by atoms with Crippen molar-refractivity contribution in [3.63, 3.8) is 0 Å². The first kappa shape index (κ1) is 15.4. The molecule has 1 N–H and O–H groups in total. The lowest BCUT2D eigenvalue weighted by atomic mass is 10.0. The molecule has 0 bridgehead atoms. The quantitative estimate of drug-likeness (QED) is 0.870. The van der Waals surface area contributed by atoms with Gasteiger partial charge in [0.2, 0.25) is 0 Å². The summed E-state index contributed by atoms with van der Waals surface area (Å²) in [5.74, 6) is 0. The number of rotatable bonds is 1. The fourth-order valence-corrected chi connectivity index (χ4v) is 4.20. The molecular weight excluding hydrogens is 298 g/mol. The van der Waals surface area contributed by atoms with Crippen LogP contribution in [0.5, 0.6) is 0 Å². The molecule has 24 heavy (non-hydrogen) atoms. The maximum atomic E-state index is 9.35. The molecule has 3 heterocycles. The number of hydrogen-bond donors (Lipinski definition) is 1. The van der Waals surface area contributed by atoms with Crippen molar-refractivity contribution in [1.82, 2.24) is 15.2 Å². The Hall–Kier alpha value is -2.16. The molecule has 0 aliphatic carbocycles. The topological polar surface area (TPSA) is 55.2 Å². The van der Waals surface area contributed by atoms with Gasteiger partial charge in [-0.3, -0.25) is 9.88 Å². The molecule has 5 heteroatoms. The summed E-state index contributed by atoms with van der Waals surface area (Å²) in [7, 11) is 0. The largest absolute Gasteiger partial charge is 0.368 e. The van der Waals surface area contributed by atoms with Crippen LogP contribution in [0.2, 0.25) is 0 Å². The van der Waals surface area contributed by atoms with Gasteiger partial charge in [0.25, 0.3) is 0 Å². The van der Waals surface area contributed by atoms with Crippen molar-refractivity contribution in [3.05, 3.63) is 36.0 Å². The van der Waals surface area contributed by atoms with Crippen LogP contribution in [0.25, 0.3) is 10.9 Å². The van der Waals surface area contributed by atoms with Gasteiger partial charge < -0.3 is 10.2 Å². The summed E-state index contributed by atoms with van der Waals surface area (Å²) < 4.78 is 0. The van der Waals surface area contributed by atoms with E-state index >= 15 is 0 Å². The first-order valence-electron chi connectivity index (χ1n) is 8.77. The van der Waals surface area contributed by atoms with Crippen LogP contribution in [0.4, 0.5) is 5.69 Å². The summed E-state index contributed by atoms with van der Waals surface area (Å²) >= 11 is 0. The highest BCUT2D eigenvalue weighted by Gasteiger charge is 2.33. The molecule has 1 aromatic carbocycles. The van der Waals surface area contributed by atoms with Gasteiger partial charge in [-0.2, -0.15) is 5.26 Å². The van der Waals surface area contributed by atoms with Crippen LogP contribution in [0.3, 0.4) is 0 Å². The normalized spacial score (nSPS) is 25.1. The molecular formula is C19H23N5. The molecule has 0 spiro atoms. The molecule has 2 aliphatic rings. The summed E-state index contributed by atoms with van der Waals surface area (Å²) in [6, 6.07) is 11.4. The lowest BCUT2D eigenvalue weighted by Crippen LogP contribution is -2.58. The molecule has 0 radical (unpaired) electrons. The number of pyridine rings is 1. The molecule has 2 atom stereocenters. The zero-order valence-corrected chi connectivity index (χ0v) is 14.1. The van der Waals surface area contributed by atoms with E-state index in [1.807, 2.05) is 12.1 Å². The molecule has 0 saturated carbocycles. The van der Waals surface area contributed by atoms with E-state index in [0.717, 1.165) is 43.6 Å². The van der Waals surface area contributed by atoms with E-state index < -0.39 is 0 Å². The minimum Gasteiger partial charge on any atom is -0.368 e. The second-order valence-electron chi connectivity index (χ2n) is 6.83. The average molecular weight is 321 g/mol. The van der Waals surface area contributed by atoms with Crippen LogP contribution >= 0.6 is 0 Å². The highest BCUT2D eigenvalue weighted by atomic mass is 15.3. The third kappa shape index (κ3) is 2.62. The van der Waals surface area contributed by atoms with E-state index in [2.05, 4.69) is 45.2 Å². The molecule has 4 rings (SSSR count). The standard InChI is InChI=1S/C19H23N5/c1-14-12-23(13-16-6-8-21-9-10-24(14)16)18-5-4-15(11-20)19-17(18)3-2-7-22-19/h2-5,7,14,16,21H,6,8-10,12-13H2,1H3. The van der Waals surface area contributed by atoms with Gasteiger partial charge in [0.15, 0.2) is 0 Å². The van der Waals surface area contributed by atoms with Gasteiger partial charge in [-0.15, -0.1) is 0 Å². The number of benzene rings is 1. The van der Waals surface area contributed by atoms with E-state index in [1.54, 1.807) is 6.20 Å². The lowest BCUT2D eigenvalue weighted by Gasteiger charge is -2.46. The van der Waals surface area contributed by atoms with Crippen molar-refractivity contribution < 1.29 is 0 Å². The zero-order valence-electron chi connectivity index (χ0n) is 14.1. The number of nitrogens with zero attached hydrogens (tertiary/aromatic N) is 4. The van der Waals surface area contributed by atoms with E-state index in [0.29, 0.717) is 17.6 Å². The summed E-state index contributed by atoms with van der Waals surface area (Å²) in [5, 5.41) is 14.0. The molecule has 2 unspecified atom stereocenters. The molecule has 2 fully saturated rings. The van der Waals surface area contributed by atoms with E-state index in [4.69, 9.17) is 0 Å². The number of piperazine rings is 1. The zero-order chi connectivity index (χ0) is 16.5. The third-order valence-corrected chi connectivity index (χ3v) is 5.36. The maximum absolute atomic E-state index is 9.35. The number of hydrogen-bond acceptors (Lipinski definition) is 5. The Morgan fingerprint density at radius 3 is 3.04 bits per heavy atom. The minimum absolute atomic E-state index is 0.533. The van der Waals surface area contributed by atoms with Crippen LogP contribution in [0.15, 0.2) is 30.5 Å². The predicted molar refractivity (Wildman–Crippen MR) is 96.1 cm³/mol. The second-order valence-corrected chi connectivity index (χ2v) is 6.83. The first-order valence-corrected chi connectivity index (χ1v) is 8.77. The molecule has 2 saturated heterocycles. The molecule has 5 nitrogen and oxygen atoms in total. The van der Waals surface area contributed by atoms with Crippen LogP contribution in [-0.2, 0) is 0 Å². The van der Waals surface area contributed by atoms with Gasteiger partial charge in [0, 0.05) is 55.5 Å². The Morgan fingerprint density at radius 2 is 2.17 bits per heavy atom. The Kier molecular flexibility index (Phi) is 4.09. The summed E-state index contributed by atoms with van der Waals surface area (Å²) in [5.41, 5.74) is 2.68. The van der Waals surface area contributed by atoms with Crippen molar-refractivity contribution in [1.29, 1.82) is 5.26 Å². The van der Waals surface area contributed by atoms with Gasteiger partial charge in [-0.1, -0.05) is 0 Å². The summed E-state index contributed by atoms with van der Waals surface area (Å²) in [6.45, 7) is 7.71. The van der Waals surface area contributed by atoms with Crippen LogP contribution < -0.4 is 10.2 Å². The molecule has 2 aromatic rings. The molecule has 124 valence electrons. The maximum Gasteiger partial charge on any atom is 0.101 e. The van der Waals surface area contributed by atoms with Crippen molar-refractivity contribution in [3.8, 4) is 6.07 Å². The minimum atomic E-state index is 0.533. The van der Waals surface area contributed by atoms with Crippen LogP contribution in [0, 0.1) is 11.3 Å². The molecule has 2 aliphatic heterocycles. The fourth-order valence-electron chi connectivity index (χ4n) is 4.20. The highest BCUT2D eigenvalue weighted by molar-refractivity contribution is 5.95. The summed E-state index contributed by atoms with van der Waals surface area (Å²) in [4.78, 5) is 9.60. The van der Waals surface area contributed by atoms with Gasteiger partial charge in [-0.25, -0.2) is 0 Å². The van der Waals surface area contributed by atoms with Gasteiger partial charge in [0.05, 0.1) is 11.1 Å². The van der Waals surface area contributed by atoms with Crippen molar-refractivity contribution in [2.24, 2.45) is 0 Å². The third-order valence-electron chi connectivity index (χ3n) is 5.36. The molecule has 0 amide bonds. The Morgan fingerprint density at radius 1 is 1.25 bits per heavy atom. The molecule has 1 aromatic heterocycles. The predicted octanol–water partition coefficient (Wildman–Crippen LogP) is 1.98. The van der Waals surface area contributed by atoms with Crippen molar-refractivity contribution in [2.45, 2.75) is 25.4 Å². The van der Waals surface area contributed by atoms with Crippen LogP contribution in [-0.4, -0.2) is 54.7 Å². The summed E-state index contributed by atoms with van der Waals surface area (Å²) in [6.07, 6.45) is 2.96. The Bertz CT molecular complexity index is 781. The fraction of sp³-hybridized carbons (Fsp3) is 0.474. The van der Waals surface area contributed by atoms with E-state index in [-0.39, 0.29) is 0 Å². The van der Waals surface area contributed by atoms with Gasteiger partial charge in [0.1, 0.15) is 6.07 Å². The average Bonchev–Trinajstić information content (AvgIpc) is 2.86. The SMILES string of the molecule is CC1CN(c2ccc(C#N)c3ncccc23)CC2CCNCCN12. The number of anilines is 1. The van der Waals surface area contributed by atoms with E-state index in [9.17, 15) is 5.26 Å². The van der Waals surface area contributed by atoms with E-state index in [1.165, 1.54) is 12.1 Å². The van der Waals surface area contributed by atoms with Gasteiger partial charge in [-0.05, 0) is 44.2 Å². The number of aromatic nitrogens is 1. The number of fused-ring (bicyclic) bond motifs is 2.